The fourth-order valence-electron chi connectivity index (χ4n) is 5.13. The first-order valence-electron chi connectivity index (χ1n) is 13.1. The number of hydrogen-bond donors (Lipinski definition) is 1. The van der Waals surface area contributed by atoms with E-state index >= 15 is 0 Å². The van der Waals surface area contributed by atoms with Crippen molar-refractivity contribution in [1.29, 1.82) is 0 Å². The van der Waals surface area contributed by atoms with E-state index in [0.29, 0.717) is 12.5 Å². The maximum Gasteiger partial charge on any atom is 0.149 e. The topological polar surface area (TPSA) is 41.0 Å². The maximum atomic E-state index is 5.00. The third-order valence-corrected chi connectivity index (χ3v) is 7.00. The van der Waals surface area contributed by atoms with Crippen LogP contribution in [0.5, 0.6) is 0 Å². The summed E-state index contributed by atoms with van der Waals surface area (Å²) in [5.74, 6) is 1.08. The molecular weight excluding hydrogens is 462 g/mol. The van der Waals surface area contributed by atoms with Gasteiger partial charge in [0.2, 0.25) is 0 Å². The van der Waals surface area contributed by atoms with Gasteiger partial charge >= 0.3 is 0 Å². The van der Waals surface area contributed by atoms with Crippen molar-refractivity contribution in [1.82, 2.24) is 9.97 Å². The molecule has 184 valence electrons. The lowest BCUT2D eigenvalue weighted by Gasteiger charge is -2.17. The molecule has 3 nitrogen and oxygen atoms in total. The number of fused-ring (bicyclic) bond motifs is 1. The molecule has 5 aromatic carbocycles. The van der Waals surface area contributed by atoms with E-state index in [-0.39, 0.29) is 0 Å². The number of hydrogen-bond acceptors (Lipinski definition) is 2. The second-order valence-electron chi connectivity index (χ2n) is 9.44. The van der Waals surface area contributed by atoms with Crippen molar-refractivity contribution in [3.05, 3.63) is 150 Å². The van der Waals surface area contributed by atoms with Crippen molar-refractivity contribution in [2.75, 3.05) is 6.54 Å². The number of benzene rings is 5. The predicted octanol–water partition coefficient (Wildman–Crippen LogP) is 8.54. The first kappa shape index (κ1) is 23.6. The summed E-state index contributed by atoms with van der Waals surface area (Å²) in [7, 11) is 0. The lowest BCUT2D eigenvalue weighted by atomic mass is 9.89. The summed E-state index contributed by atoms with van der Waals surface area (Å²) in [5.41, 5.74) is 9.20. The molecule has 38 heavy (non-hydrogen) atoms. The van der Waals surface area contributed by atoms with Gasteiger partial charge in [-0.15, -0.1) is 0 Å². The maximum absolute atomic E-state index is 5.00. The number of imidazole rings is 1. The van der Waals surface area contributed by atoms with Crippen molar-refractivity contribution in [3.63, 3.8) is 0 Å². The van der Waals surface area contributed by atoms with Gasteiger partial charge in [0.1, 0.15) is 5.82 Å². The molecule has 3 heteroatoms. The third kappa shape index (κ3) is 5.05. The van der Waals surface area contributed by atoms with Crippen LogP contribution in [-0.2, 0) is 0 Å². The molecule has 0 saturated carbocycles. The van der Waals surface area contributed by atoms with Crippen molar-refractivity contribution in [2.45, 2.75) is 12.3 Å². The molecule has 0 atom stereocenters. The molecule has 1 heterocycles. The molecule has 0 radical (unpaired) electrons. The van der Waals surface area contributed by atoms with Crippen LogP contribution in [0.1, 0.15) is 29.3 Å². The van der Waals surface area contributed by atoms with E-state index in [2.05, 4.69) is 126 Å². The molecule has 0 saturated heterocycles. The largest absolute Gasteiger partial charge is 0.337 e. The number of rotatable bonds is 8. The molecule has 1 N–H and O–H groups in total. The number of nitrogens with zero attached hydrogens (tertiary/aromatic N) is 2. The van der Waals surface area contributed by atoms with Gasteiger partial charge in [-0.3, -0.25) is 4.99 Å². The minimum absolute atomic E-state index is 0.305. The van der Waals surface area contributed by atoms with E-state index in [9.17, 15) is 0 Å². The molecule has 0 fully saturated rings. The zero-order valence-electron chi connectivity index (χ0n) is 21.2. The molecular formula is C35H29N3. The zero-order chi connectivity index (χ0) is 25.6. The van der Waals surface area contributed by atoms with Gasteiger partial charge in [-0.2, -0.15) is 0 Å². The fraction of sp³-hybridized carbons (Fsp3) is 0.0857. The first-order chi connectivity index (χ1) is 18.9. The summed E-state index contributed by atoms with van der Waals surface area (Å²) in [6.07, 6.45) is 2.81. The van der Waals surface area contributed by atoms with E-state index in [1.165, 1.54) is 11.1 Å². The second-order valence-corrected chi connectivity index (χ2v) is 9.44. The lowest BCUT2D eigenvalue weighted by molar-refractivity contribution is 0.728. The van der Waals surface area contributed by atoms with E-state index in [0.717, 1.165) is 45.5 Å². The first-order valence-corrected chi connectivity index (χ1v) is 13.1. The number of H-pyrrole nitrogens is 1. The summed E-state index contributed by atoms with van der Waals surface area (Å²) < 4.78 is 0. The van der Waals surface area contributed by atoms with Crippen molar-refractivity contribution in [3.8, 4) is 22.3 Å². The summed E-state index contributed by atoms with van der Waals surface area (Å²) in [4.78, 5) is 13.4. The lowest BCUT2D eigenvalue weighted by Crippen LogP contribution is -2.03. The molecule has 6 rings (SSSR count). The Kier molecular flexibility index (Phi) is 6.90. The summed E-state index contributed by atoms with van der Waals surface area (Å²) >= 11 is 0. The summed E-state index contributed by atoms with van der Waals surface area (Å²) in [5, 5.41) is 0. The van der Waals surface area contributed by atoms with Crippen molar-refractivity contribution < 1.29 is 0 Å². The molecule has 0 bridgehead atoms. The van der Waals surface area contributed by atoms with Gasteiger partial charge in [-0.1, -0.05) is 133 Å². The predicted molar refractivity (Wildman–Crippen MR) is 159 cm³/mol. The van der Waals surface area contributed by atoms with Gasteiger partial charge in [0, 0.05) is 23.6 Å². The molecule has 0 unspecified atom stereocenters. The molecule has 6 aromatic rings. The van der Waals surface area contributed by atoms with Crippen LogP contribution in [0.25, 0.3) is 33.3 Å². The Morgan fingerprint density at radius 2 is 1.11 bits per heavy atom. The Hall–Kier alpha value is -4.76. The highest BCUT2D eigenvalue weighted by Gasteiger charge is 2.15. The normalized spacial score (nSPS) is 11.5. The Bertz CT molecular complexity index is 1520. The summed E-state index contributed by atoms with van der Waals surface area (Å²) in [6.45, 7) is 0.711. The van der Waals surface area contributed by atoms with Gasteiger partial charge in [0.15, 0.2) is 0 Å². The van der Waals surface area contributed by atoms with Gasteiger partial charge in [-0.05, 0) is 28.7 Å². The quantitative estimate of drug-likeness (QED) is 0.213. The van der Waals surface area contributed by atoms with E-state index in [1.54, 1.807) is 0 Å². The SMILES string of the molecule is C(=N\CCC(c1ccccc1)c1ccccc1)/c1nc2c(-c3ccccc3)ccc(-c3ccccc3)c2[nH]1. The minimum atomic E-state index is 0.305. The Morgan fingerprint density at radius 1 is 0.605 bits per heavy atom. The average molecular weight is 492 g/mol. The van der Waals surface area contributed by atoms with Crippen LogP contribution < -0.4 is 0 Å². The van der Waals surface area contributed by atoms with Gasteiger partial charge in [0.05, 0.1) is 17.2 Å². The number of aromatic amines is 1. The van der Waals surface area contributed by atoms with E-state index < -0.39 is 0 Å². The van der Waals surface area contributed by atoms with Gasteiger partial charge < -0.3 is 4.98 Å². The molecule has 1 aromatic heterocycles. The minimum Gasteiger partial charge on any atom is -0.337 e. The fourth-order valence-corrected chi connectivity index (χ4v) is 5.13. The Labute approximate surface area is 223 Å². The number of nitrogens with one attached hydrogen (secondary N) is 1. The Balaban J connectivity index is 1.31. The third-order valence-electron chi connectivity index (χ3n) is 7.00. The highest BCUT2D eigenvalue weighted by Crippen LogP contribution is 2.34. The van der Waals surface area contributed by atoms with Crippen molar-refractivity contribution in [2.24, 2.45) is 4.99 Å². The second kappa shape index (κ2) is 11.1. The van der Waals surface area contributed by atoms with Crippen LogP contribution >= 0.6 is 0 Å². The standard InChI is InChI=1S/C35H29N3/c1-5-13-26(14-6-1)30(27-15-7-2-8-16-27)23-24-36-25-33-37-34-31(28-17-9-3-10-18-28)21-22-32(35(34)38-33)29-19-11-4-12-20-29/h1-22,25,30H,23-24H2,(H,37,38)/b36-25+. The summed E-state index contributed by atoms with van der Waals surface area (Å²) in [6, 6.07) is 46.6. The van der Waals surface area contributed by atoms with Crippen molar-refractivity contribution >= 4 is 17.2 Å². The van der Waals surface area contributed by atoms with Gasteiger partial charge in [0.25, 0.3) is 0 Å². The van der Waals surface area contributed by atoms with Crippen LogP contribution in [-0.4, -0.2) is 22.7 Å². The van der Waals surface area contributed by atoms with E-state index in [4.69, 9.17) is 9.98 Å². The number of aliphatic imine (C=N–C) groups is 1. The van der Waals surface area contributed by atoms with Crippen LogP contribution in [0.3, 0.4) is 0 Å². The van der Waals surface area contributed by atoms with Gasteiger partial charge in [-0.25, -0.2) is 4.98 Å². The van der Waals surface area contributed by atoms with E-state index in [1.807, 2.05) is 18.3 Å². The average Bonchev–Trinajstić information content (AvgIpc) is 3.42. The van der Waals surface area contributed by atoms with Crippen LogP contribution in [0.15, 0.2) is 138 Å². The van der Waals surface area contributed by atoms with Crippen LogP contribution in [0.2, 0.25) is 0 Å². The van der Waals surface area contributed by atoms with Crippen LogP contribution in [0.4, 0.5) is 0 Å². The molecule has 0 aliphatic rings. The smallest absolute Gasteiger partial charge is 0.149 e. The molecule has 0 aliphatic heterocycles. The zero-order valence-corrected chi connectivity index (χ0v) is 21.2. The molecule has 0 amide bonds. The number of aromatic nitrogens is 2. The Morgan fingerprint density at radius 3 is 1.68 bits per heavy atom. The monoisotopic (exact) mass is 491 g/mol. The highest BCUT2D eigenvalue weighted by atomic mass is 14.9. The molecule has 0 spiro atoms. The highest BCUT2D eigenvalue weighted by molar-refractivity contribution is 6.02. The molecule has 0 aliphatic carbocycles. The van der Waals surface area contributed by atoms with Crippen LogP contribution in [0, 0.1) is 0 Å².